The summed E-state index contributed by atoms with van der Waals surface area (Å²) in [6, 6.07) is 14.4. The Morgan fingerprint density at radius 1 is 1.00 bits per heavy atom. The topological polar surface area (TPSA) is 61.4 Å². The fourth-order valence-corrected chi connectivity index (χ4v) is 2.81. The minimum absolute atomic E-state index is 0.103. The van der Waals surface area contributed by atoms with E-state index in [1.807, 2.05) is 24.3 Å². The maximum atomic E-state index is 12.0. The van der Waals surface area contributed by atoms with Crippen LogP contribution in [0.1, 0.15) is 0 Å². The minimum Gasteiger partial charge on any atom is -0.325 e. The molecular formula is C17H17ClIN3O2. The predicted octanol–water partition coefficient (Wildman–Crippen LogP) is 3.45. The number of halogens is 2. The van der Waals surface area contributed by atoms with E-state index in [1.165, 1.54) is 0 Å². The Bertz CT molecular complexity index is 678. The molecule has 0 fully saturated rings. The van der Waals surface area contributed by atoms with E-state index >= 15 is 0 Å². The summed E-state index contributed by atoms with van der Waals surface area (Å²) in [6.07, 6.45) is 0. The first-order chi connectivity index (χ1) is 11.4. The Kier molecular flexibility index (Phi) is 7.01. The van der Waals surface area contributed by atoms with Crippen molar-refractivity contribution in [1.82, 2.24) is 4.90 Å². The van der Waals surface area contributed by atoms with Gasteiger partial charge >= 0.3 is 0 Å². The van der Waals surface area contributed by atoms with Gasteiger partial charge in [0.05, 0.1) is 13.1 Å². The van der Waals surface area contributed by atoms with Gasteiger partial charge in [0.15, 0.2) is 0 Å². The van der Waals surface area contributed by atoms with Crippen LogP contribution in [0.4, 0.5) is 11.4 Å². The first-order valence-corrected chi connectivity index (χ1v) is 8.67. The number of carbonyl (C=O) groups is 2. The van der Waals surface area contributed by atoms with Gasteiger partial charge in [-0.15, -0.1) is 0 Å². The molecule has 0 aromatic heterocycles. The third-order valence-corrected chi connectivity index (χ3v) is 3.95. The number of rotatable bonds is 6. The van der Waals surface area contributed by atoms with Crippen LogP contribution in [0, 0.1) is 3.57 Å². The van der Waals surface area contributed by atoms with Crippen molar-refractivity contribution in [3.63, 3.8) is 0 Å². The first kappa shape index (κ1) is 18.7. The second-order valence-electron chi connectivity index (χ2n) is 5.29. The van der Waals surface area contributed by atoms with Crippen LogP contribution in [0.3, 0.4) is 0 Å². The maximum absolute atomic E-state index is 12.0. The molecule has 0 aliphatic heterocycles. The van der Waals surface area contributed by atoms with Crippen molar-refractivity contribution in [2.45, 2.75) is 0 Å². The summed E-state index contributed by atoms with van der Waals surface area (Å²) in [5.74, 6) is -0.378. The van der Waals surface area contributed by atoms with Crippen molar-refractivity contribution in [2.24, 2.45) is 0 Å². The molecule has 0 unspecified atom stereocenters. The van der Waals surface area contributed by atoms with E-state index in [0.29, 0.717) is 10.7 Å². The summed E-state index contributed by atoms with van der Waals surface area (Å²) in [5.41, 5.74) is 1.37. The molecule has 0 saturated carbocycles. The Morgan fingerprint density at radius 3 is 2.08 bits per heavy atom. The zero-order chi connectivity index (χ0) is 17.5. The molecule has 2 rings (SSSR count). The third kappa shape index (κ3) is 6.46. The molecule has 0 atom stereocenters. The van der Waals surface area contributed by atoms with Crippen LogP contribution in [0.5, 0.6) is 0 Å². The third-order valence-electron chi connectivity index (χ3n) is 3.04. The summed E-state index contributed by atoms with van der Waals surface area (Å²) in [4.78, 5) is 25.6. The zero-order valence-electron chi connectivity index (χ0n) is 13.1. The van der Waals surface area contributed by atoms with Gasteiger partial charge < -0.3 is 10.6 Å². The number of nitrogens with zero attached hydrogens (tertiary/aromatic N) is 1. The van der Waals surface area contributed by atoms with Crippen molar-refractivity contribution in [3.8, 4) is 0 Å². The normalized spacial score (nSPS) is 10.5. The fraction of sp³-hybridized carbons (Fsp3) is 0.176. The SMILES string of the molecule is CN(CC(=O)Nc1cccc(Cl)c1)CC(=O)Nc1cccc(I)c1. The van der Waals surface area contributed by atoms with Crippen molar-refractivity contribution in [2.75, 3.05) is 30.8 Å². The smallest absolute Gasteiger partial charge is 0.238 e. The molecular weight excluding hydrogens is 441 g/mol. The number of anilines is 2. The molecule has 5 nitrogen and oxygen atoms in total. The van der Waals surface area contributed by atoms with Crippen LogP contribution in [0.2, 0.25) is 5.02 Å². The fourth-order valence-electron chi connectivity index (χ4n) is 2.08. The Labute approximate surface area is 159 Å². The van der Waals surface area contributed by atoms with E-state index in [1.54, 1.807) is 36.2 Å². The lowest BCUT2D eigenvalue weighted by Crippen LogP contribution is -2.36. The number of amides is 2. The van der Waals surface area contributed by atoms with Crippen molar-refractivity contribution in [3.05, 3.63) is 57.1 Å². The number of nitrogens with one attached hydrogen (secondary N) is 2. The van der Waals surface area contributed by atoms with Crippen LogP contribution in [0.15, 0.2) is 48.5 Å². The molecule has 0 spiro atoms. The summed E-state index contributed by atoms with van der Waals surface area (Å²) >= 11 is 8.06. The average Bonchev–Trinajstić information content (AvgIpc) is 2.46. The van der Waals surface area contributed by atoms with Gasteiger partial charge in [-0.1, -0.05) is 23.7 Å². The lowest BCUT2D eigenvalue weighted by molar-refractivity contribution is -0.119. The summed E-state index contributed by atoms with van der Waals surface area (Å²) in [5, 5.41) is 6.11. The quantitative estimate of drug-likeness (QED) is 0.653. The number of likely N-dealkylation sites (N-methyl/N-ethyl adjacent to an activating group) is 1. The predicted molar refractivity (Wildman–Crippen MR) is 105 cm³/mol. The molecule has 0 saturated heterocycles. The van der Waals surface area contributed by atoms with Gasteiger partial charge in [-0.25, -0.2) is 0 Å². The Balaban J connectivity index is 1.80. The standard InChI is InChI=1S/C17H17ClIN3O2/c1-22(10-16(23)20-14-6-2-4-12(18)8-14)11-17(24)21-15-7-3-5-13(19)9-15/h2-9H,10-11H2,1H3,(H,20,23)(H,21,24). The highest BCUT2D eigenvalue weighted by Gasteiger charge is 2.11. The molecule has 7 heteroatoms. The molecule has 2 aromatic carbocycles. The van der Waals surface area contributed by atoms with Gasteiger partial charge in [0, 0.05) is 20.0 Å². The second-order valence-corrected chi connectivity index (χ2v) is 6.97. The minimum atomic E-state index is -0.207. The highest BCUT2D eigenvalue weighted by atomic mass is 127. The van der Waals surface area contributed by atoms with Gasteiger partial charge in [-0.3, -0.25) is 14.5 Å². The molecule has 2 amide bonds. The summed E-state index contributed by atoms with van der Waals surface area (Å²) in [6.45, 7) is 0.223. The molecule has 0 bridgehead atoms. The summed E-state index contributed by atoms with van der Waals surface area (Å²) in [7, 11) is 1.71. The van der Waals surface area contributed by atoms with Gasteiger partial charge in [0.1, 0.15) is 0 Å². The highest BCUT2D eigenvalue weighted by Crippen LogP contribution is 2.15. The molecule has 0 aliphatic rings. The first-order valence-electron chi connectivity index (χ1n) is 7.22. The van der Waals surface area contributed by atoms with E-state index < -0.39 is 0 Å². The lowest BCUT2D eigenvalue weighted by Gasteiger charge is -2.16. The number of hydrogen-bond acceptors (Lipinski definition) is 3. The number of hydrogen-bond donors (Lipinski definition) is 2. The van der Waals surface area contributed by atoms with Crippen molar-refractivity contribution >= 4 is 57.4 Å². The number of benzene rings is 2. The highest BCUT2D eigenvalue weighted by molar-refractivity contribution is 14.1. The Morgan fingerprint density at radius 2 is 1.54 bits per heavy atom. The van der Waals surface area contributed by atoms with Gasteiger partial charge in [0.25, 0.3) is 0 Å². The molecule has 0 heterocycles. The van der Waals surface area contributed by atoms with E-state index in [4.69, 9.17) is 11.6 Å². The second kappa shape index (κ2) is 9.00. The van der Waals surface area contributed by atoms with E-state index in [-0.39, 0.29) is 24.9 Å². The van der Waals surface area contributed by atoms with E-state index in [0.717, 1.165) is 9.26 Å². The van der Waals surface area contributed by atoms with E-state index in [9.17, 15) is 9.59 Å². The maximum Gasteiger partial charge on any atom is 0.238 e. The molecule has 0 radical (unpaired) electrons. The molecule has 2 aromatic rings. The van der Waals surface area contributed by atoms with Crippen LogP contribution in [0.25, 0.3) is 0 Å². The van der Waals surface area contributed by atoms with Crippen molar-refractivity contribution < 1.29 is 9.59 Å². The average molecular weight is 458 g/mol. The van der Waals surface area contributed by atoms with Crippen LogP contribution >= 0.6 is 34.2 Å². The Hall–Kier alpha value is -1.64. The van der Waals surface area contributed by atoms with E-state index in [2.05, 4.69) is 33.2 Å². The number of carbonyl (C=O) groups excluding carboxylic acids is 2. The summed E-state index contributed by atoms with van der Waals surface area (Å²) < 4.78 is 1.04. The zero-order valence-corrected chi connectivity index (χ0v) is 16.0. The molecule has 24 heavy (non-hydrogen) atoms. The molecule has 2 N–H and O–H groups in total. The van der Waals surface area contributed by atoms with Gasteiger partial charge in [-0.05, 0) is 66.0 Å². The largest absolute Gasteiger partial charge is 0.325 e. The monoisotopic (exact) mass is 457 g/mol. The van der Waals surface area contributed by atoms with Crippen LogP contribution in [-0.4, -0.2) is 36.9 Å². The van der Waals surface area contributed by atoms with Crippen LogP contribution < -0.4 is 10.6 Å². The lowest BCUT2D eigenvalue weighted by atomic mass is 10.3. The van der Waals surface area contributed by atoms with Gasteiger partial charge in [-0.2, -0.15) is 0 Å². The van der Waals surface area contributed by atoms with Gasteiger partial charge in [0.2, 0.25) is 11.8 Å². The van der Waals surface area contributed by atoms with Crippen molar-refractivity contribution in [1.29, 1.82) is 0 Å². The van der Waals surface area contributed by atoms with Crippen LogP contribution in [-0.2, 0) is 9.59 Å². The molecule has 126 valence electrons. The molecule has 0 aliphatic carbocycles.